The van der Waals surface area contributed by atoms with Gasteiger partial charge in [0.1, 0.15) is 12.4 Å². The van der Waals surface area contributed by atoms with Crippen molar-refractivity contribution in [3.05, 3.63) is 65.9 Å². The number of rotatable bonds is 7. The molecule has 6 nitrogen and oxygen atoms in total. The predicted molar refractivity (Wildman–Crippen MR) is 150 cm³/mol. The summed E-state index contributed by atoms with van der Waals surface area (Å²) in [6.07, 6.45) is 18.6. The molecule has 0 bridgehead atoms. The van der Waals surface area contributed by atoms with Gasteiger partial charge in [0, 0.05) is 43.8 Å². The minimum absolute atomic E-state index is 0.350. The number of imidazole rings is 1. The van der Waals surface area contributed by atoms with E-state index in [9.17, 15) is 0 Å². The van der Waals surface area contributed by atoms with E-state index in [0.29, 0.717) is 19.4 Å². The zero-order chi connectivity index (χ0) is 25.5. The molecule has 5 heterocycles. The minimum Gasteiger partial charge on any atom is -0.370 e. The van der Waals surface area contributed by atoms with Crippen molar-refractivity contribution in [2.24, 2.45) is 0 Å². The van der Waals surface area contributed by atoms with E-state index in [-0.39, 0.29) is 0 Å². The maximum absolute atomic E-state index is 6.07. The van der Waals surface area contributed by atoms with Crippen LogP contribution in [-0.4, -0.2) is 75.7 Å². The van der Waals surface area contributed by atoms with Crippen molar-refractivity contribution in [3.63, 3.8) is 0 Å². The molecule has 0 radical (unpaired) electrons. The second kappa shape index (κ2) is 12.6. The summed E-state index contributed by atoms with van der Waals surface area (Å²) in [7, 11) is 0. The Morgan fingerprint density at radius 2 is 1.83 bits per heavy atom. The first kappa shape index (κ1) is 26.5. The van der Waals surface area contributed by atoms with Crippen molar-refractivity contribution < 1.29 is 4.74 Å². The van der Waals surface area contributed by atoms with Gasteiger partial charge in [-0.3, -0.25) is 0 Å². The zero-order valence-corrected chi connectivity index (χ0v) is 23.0. The van der Waals surface area contributed by atoms with Gasteiger partial charge in [0.2, 0.25) is 0 Å². The number of aromatic nitrogens is 2. The van der Waals surface area contributed by atoms with Crippen LogP contribution >= 0.6 is 0 Å². The summed E-state index contributed by atoms with van der Waals surface area (Å²) < 4.78 is 8.16. The van der Waals surface area contributed by atoms with Gasteiger partial charge < -0.3 is 23.8 Å². The Bertz CT molecular complexity index is 1070. The molecule has 196 valence electrons. The minimum atomic E-state index is 0.350. The lowest BCUT2D eigenvalue weighted by atomic mass is 10.0. The van der Waals surface area contributed by atoms with E-state index in [0.717, 1.165) is 30.5 Å². The quantitative estimate of drug-likeness (QED) is 0.464. The van der Waals surface area contributed by atoms with Gasteiger partial charge in [-0.1, -0.05) is 26.0 Å². The van der Waals surface area contributed by atoms with E-state index in [1.165, 1.54) is 55.6 Å². The third-order valence-corrected chi connectivity index (χ3v) is 7.63. The van der Waals surface area contributed by atoms with Crippen LogP contribution in [-0.2, 0) is 4.74 Å². The molecular weight excluding hydrogens is 446 g/mol. The van der Waals surface area contributed by atoms with E-state index >= 15 is 0 Å². The molecule has 3 aliphatic heterocycles. The Labute approximate surface area is 217 Å². The summed E-state index contributed by atoms with van der Waals surface area (Å²) >= 11 is 0. The molecule has 1 atom stereocenters. The fourth-order valence-corrected chi connectivity index (χ4v) is 5.43. The van der Waals surface area contributed by atoms with E-state index < -0.39 is 0 Å². The Hall–Kier alpha value is -2.57. The first-order valence-corrected chi connectivity index (χ1v) is 13.9. The summed E-state index contributed by atoms with van der Waals surface area (Å²) in [6.45, 7) is 16.5. The van der Waals surface area contributed by atoms with Gasteiger partial charge in [0.15, 0.2) is 0 Å². The first-order chi connectivity index (χ1) is 17.6. The molecule has 2 aromatic rings. The van der Waals surface area contributed by atoms with Crippen LogP contribution in [0.4, 0.5) is 0 Å². The van der Waals surface area contributed by atoms with Crippen molar-refractivity contribution in [2.45, 2.75) is 72.4 Å². The Balaban J connectivity index is 0.00000148. The lowest BCUT2D eigenvalue weighted by Gasteiger charge is -2.40. The number of piperidine rings is 1. The Morgan fingerprint density at radius 3 is 2.58 bits per heavy atom. The molecule has 3 aliphatic rings. The maximum Gasteiger partial charge on any atom is 0.136 e. The summed E-state index contributed by atoms with van der Waals surface area (Å²) in [4.78, 5) is 12.1. The normalized spacial score (nSPS) is 21.6. The largest absolute Gasteiger partial charge is 0.370 e. The molecule has 1 unspecified atom stereocenters. The number of pyridine rings is 1. The summed E-state index contributed by atoms with van der Waals surface area (Å²) in [6, 6.07) is 5.34. The van der Waals surface area contributed by atoms with Gasteiger partial charge >= 0.3 is 0 Å². The van der Waals surface area contributed by atoms with Crippen molar-refractivity contribution in [3.8, 4) is 0 Å². The van der Waals surface area contributed by atoms with Gasteiger partial charge in [0.05, 0.1) is 18.0 Å². The van der Waals surface area contributed by atoms with Crippen molar-refractivity contribution >= 4 is 11.2 Å². The highest BCUT2D eigenvalue weighted by molar-refractivity contribution is 5.64. The lowest BCUT2D eigenvalue weighted by Crippen LogP contribution is -2.44. The van der Waals surface area contributed by atoms with E-state index in [2.05, 4.69) is 86.9 Å². The molecule has 0 amide bonds. The summed E-state index contributed by atoms with van der Waals surface area (Å²) in [5, 5.41) is 0. The van der Waals surface area contributed by atoms with Crippen LogP contribution in [0, 0.1) is 6.92 Å². The van der Waals surface area contributed by atoms with Crippen LogP contribution in [0.25, 0.3) is 11.2 Å². The molecule has 0 spiro atoms. The standard InChI is InChI=1S/C28H39N5O.C2H6/c1-22(25-7-9-28-29-23(2)18-32(28)19-25)12-17-34-21-33-20-27(8-6-24(33)3)31-15-10-26(11-16-31)30-13-4-5-14-30;1-2/h6-9,12,18-20,24,26H,4-5,10-11,13-17,21H2,1-3H3;1-2H3/b22-12+;. The number of aryl methyl sites for hydroxylation is 1. The van der Waals surface area contributed by atoms with Crippen LogP contribution in [0.1, 0.15) is 64.6 Å². The predicted octanol–water partition coefficient (Wildman–Crippen LogP) is 5.71. The fourth-order valence-electron chi connectivity index (χ4n) is 5.43. The number of ether oxygens (including phenoxy) is 1. The molecule has 0 aliphatic carbocycles. The zero-order valence-electron chi connectivity index (χ0n) is 23.0. The van der Waals surface area contributed by atoms with Crippen LogP contribution in [0.2, 0.25) is 0 Å². The van der Waals surface area contributed by atoms with Crippen molar-refractivity contribution in [1.82, 2.24) is 24.1 Å². The molecule has 6 heteroatoms. The molecule has 5 rings (SSSR count). The smallest absolute Gasteiger partial charge is 0.136 e. The number of hydrogen-bond acceptors (Lipinski definition) is 5. The van der Waals surface area contributed by atoms with Crippen molar-refractivity contribution in [1.29, 1.82) is 0 Å². The Kier molecular flexibility index (Phi) is 9.27. The number of likely N-dealkylation sites (tertiary alicyclic amines) is 2. The average Bonchev–Trinajstić information content (AvgIpc) is 3.57. The highest BCUT2D eigenvalue weighted by Crippen LogP contribution is 2.25. The van der Waals surface area contributed by atoms with E-state index in [1.54, 1.807) is 0 Å². The van der Waals surface area contributed by atoms with Gasteiger partial charge in [-0.05, 0) is 88.9 Å². The van der Waals surface area contributed by atoms with Gasteiger partial charge in [-0.15, -0.1) is 0 Å². The van der Waals surface area contributed by atoms with Crippen LogP contribution in [0.3, 0.4) is 0 Å². The van der Waals surface area contributed by atoms with Gasteiger partial charge in [0.25, 0.3) is 0 Å². The van der Waals surface area contributed by atoms with Crippen LogP contribution in [0.5, 0.6) is 0 Å². The monoisotopic (exact) mass is 491 g/mol. The molecule has 2 aromatic heterocycles. The second-order valence-electron chi connectivity index (χ2n) is 10.1. The first-order valence-electron chi connectivity index (χ1n) is 13.9. The molecule has 2 saturated heterocycles. The number of allylic oxidation sites excluding steroid dienone is 2. The molecule has 36 heavy (non-hydrogen) atoms. The van der Waals surface area contributed by atoms with E-state index in [4.69, 9.17) is 4.74 Å². The van der Waals surface area contributed by atoms with Gasteiger partial charge in [-0.25, -0.2) is 4.98 Å². The van der Waals surface area contributed by atoms with E-state index in [1.807, 2.05) is 20.8 Å². The SMILES string of the molecule is C/C(=C\COCN1C=C(N2CCC(N3CCCC3)CC2)C=CC1C)c1ccc2nc(C)cn2c1.CC. The van der Waals surface area contributed by atoms with Crippen molar-refractivity contribution in [2.75, 3.05) is 39.5 Å². The molecule has 0 aromatic carbocycles. The number of nitrogens with zero attached hydrogens (tertiary/aromatic N) is 5. The third kappa shape index (κ3) is 6.40. The Morgan fingerprint density at radius 1 is 1.08 bits per heavy atom. The highest BCUT2D eigenvalue weighted by Gasteiger charge is 2.27. The topological polar surface area (TPSA) is 36.2 Å². The van der Waals surface area contributed by atoms with Crippen LogP contribution in [0.15, 0.2) is 54.7 Å². The van der Waals surface area contributed by atoms with Crippen LogP contribution < -0.4 is 0 Å². The molecule has 2 fully saturated rings. The molecule has 0 N–H and O–H groups in total. The molecular formula is C30H45N5O. The number of fused-ring (bicyclic) bond motifs is 1. The van der Waals surface area contributed by atoms with Gasteiger partial charge in [-0.2, -0.15) is 0 Å². The third-order valence-electron chi connectivity index (χ3n) is 7.63. The summed E-state index contributed by atoms with van der Waals surface area (Å²) in [5.41, 5.74) is 5.77. The maximum atomic E-state index is 6.07. The lowest BCUT2D eigenvalue weighted by molar-refractivity contribution is 0.0584. The highest BCUT2D eigenvalue weighted by atomic mass is 16.5. The molecule has 0 saturated carbocycles. The average molecular weight is 492 g/mol. The summed E-state index contributed by atoms with van der Waals surface area (Å²) in [5.74, 6) is 0. The fraction of sp³-hybridized carbons (Fsp3) is 0.567. The second-order valence-corrected chi connectivity index (χ2v) is 10.1. The number of hydrogen-bond donors (Lipinski definition) is 0.